The summed E-state index contributed by atoms with van der Waals surface area (Å²) in [5, 5.41) is 4.47. The van der Waals surface area contributed by atoms with Crippen molar-refractivity contribution < 1.29 is 4.79 Å². The first-order chi connectivity index (χ1) is 9.74. The van der Waals surface area contributed by atoms with Gasteiger partial charge < -0.3 is 0 Å². The third kappa shape index (κ3) is 4.66. The maximum atomic E-state index is 11.5. The van der Waals surface area contributed by atoms with Crippen LogP contribution in [-0.4, -0.2) is 17.1 Å². The number of benzene rings is 1. The number of carbonyl (C=O) groups excluding carboxylic acids is 1. The van der Waals surface area contributed by atoms with Crippen LogP contribution in [0.2, 0.25) is 5.02 Å². The van der Waals surface area contributed by atoms with Gasteiger partial charge in [-0.3, -0.25) is 9.78 Å². The number of hydrazone groups is 1. The topological polar surface area (TPSA) is 54.4 Å². The van der Waals surface area contributed by atoms with Crippen molar-refractivity contribution in [2.45, 2.75) is 0 Å². The Hall–Kier alpha value is -2.46. The van der Waals surface area contributed by atoms with Crippen molar-refractivity contribution in [2.24, 2.45) is 5.10 Å². The van der Waals surface area contributed by atoms with Crippen molar-refractivity contribution >= 4 is 29.8 Å². The van der Waals surface area contributed by atoms with Crippen LogP contribution in [0.1, 0.15) is 11.3 Å². The van der Waals surface area contributed by atoms with Crippen molar-refractivity contribution in [2.75, 3.05) is 0 Å². The normalized spacial score (nSPS) is 11.1. The summed E-state index contributed by atoms with van der Waals surface area (Å²) < 4.78 is 0. The average Bonchev–Trinajstić information content (AvgIpc) is 2.48. The summed E-state index contributed by atoms with van der Waals surface area (Å²) in [5.41, 5.74) is 3.95. The van der Waals surface area contributed by atoms with Gasteiger partial charge in [0.1, 0.15) is 0 Å². The monoisotopic (exact) mass is 285 g/mol. The molecule has 1 amide bonds. The van der Waals surface area contributed by atoms with Crippen molar-refractivity contribution in [3.63, 3.8) is 0 Å². The molecule has 1 aromatic heterocycles. The first-order valence-corrected chi connectivity index (χ1v) is 6.29. The third-order valence-corrected chi connectivity index (χ3v) is 2.61. The summed E-state index contributed by atoms with van der Waals surface area (Å²) in [7, 11) is 0. The predicted molar refractivity (Wildman–Crippen MR) is 80.5 cm³/mol. The molecule has 0 atom stereocenters. The fourth-order valence-electron chi connectivity index (χ4n) is 1.40. The van der Waals surface area contributed by atoms with E-state index in [-0.39, 0.29) is 5.91 Å². The van der Waals surface area contributed by atoms with Gasteiger partial charge in [-0.05, 0) is 35.9 Å². The van der Waals surface area contributed by atoms with Crippen molar-refractivity contribution in [3.05, 3.63) is 71.0 Å². The zero-order chi connectivity index (χ0) is 14.2. The molecule has 0 aliphatic rings. The van der Waals surface area contributed by atoms with E-state index in [2.05, 4.69) is 15.5 Å². The maximum absolute atomic E-state index is 11.5. The minimum Gasteiger partial charge on any atom is -0.268 e. The molecule has 0 saturated carbocycles. The molecule has 2 rings (SSSR count). The van der Waals surface area contributed by atoms with E-state index in [0.717, 1.165) is 5.56 Å². The highest BCUT2D eigenvalue weighted by molar-refractivity contribution is 6.30. The molecule has 0 saturated heterocycles. The van der Waals surface area contributed by atoms with Gasteiger partial charge in [-0.25, -0.2) is 5.43 Å². The van der Waals surface area contributed by atoms with Gasteiger partial charge in [0.15, 0.2) is 0 Å². The van der Waals surface area contributed by atoms with E-state index in [1.54, 1.807) is 30.5 Å². The predicted octanol–water partition coefficient (Wildman–Crippen LogP) is 2.90. The van der Waals surface area contributed by atoms with Crippen molar-refractivity contribution in [1.29, 1.82) is 0 Å². The van der Waals surface area contributed by atoms with Gasteiger partial charge in [0.25, 0.3) is 5.91 Å². The molecule has 0 aliphatic carbocycles. The molecule has 5 heteroatoms. The van der Waals surface area contributed by atoms with E-state index in [9.17, 15) is 4.79 Å². The van der Waals surface area contributed by atoms with Crippen LogP contribution in [0.3, 0.4) is 0 Å². The molecule has 100 valence electrons. The van der Waals surface area contributed by atoms with Crippen LogP contribution in [0.15, 0.2) is 59.8 Å². The van der Waals surface area contributed by atoms with Crippen LogP contribution >= 0.6 is 11.6 Å². The molecular formula is C15H12ClN3O. The molecular weight excluding hydrogens is 274 g/mol. The minimum absolute atomic E-state index is 0.313. The Kier molecular flexibility index (Phi) is 5.03. The lowest BCUT2D eigenvalue weighted by molar-refractivity contribution is -0.116. The maximum Gasteiger partial charge on any atom is 0.264 e. The lowest BCUT2D eigenvalue weighted by atomic mass is 10.2. The summed E-state index contributed by atoms with van der Waals surface area (Å²) in [4.78, 5) is 15.6. The first kappa shape index (κ1) is 14.0. The van der Waals surface area contributed by atoms with Gasteiger partial charge in [-0.1, -0.05) is 29.8 Å². The number of nitrogens with zero attached hydrogens (tertiary/aromatic N) is 2. The third-order valence-electron chi connectivity index (χ3n) is 2.36. The highest BCUT2D eigenvalue weighted by Crippen LogP contribution is 2.10. The van der Waals surface area contributed by atoms with Crippen LogP contribution < -0.4 is 5.43 Å². The number of carbonyl (C=O) groups is 1. The summed E-state index contributed by atoms with van der Waals surface area (Å²) in [6.45, 7) is 0. The van der Waals surface area contributed by atoms with Crippen LogP contribution in [0.5, 0.6) is 0 Å². The number of nitrogens with one attached hydrogen (secondary N) is 1. The van der Waals surface area contributed by atoms with Crippen molar-refractivity contribution in [1.82, 2.24) is 10.4 Å². The molecule has 20 heavy (non-hydrogen) atoms. The highest BCUT2D eigenvalue weighted by atomic mass is 35.5. The summed E-state index contributed by atoms with van der Waals surface area (Å²) in [6.07, 6.45) is 6.22. The zero-order valence-electron chi connectivity index (χ0n) is 10.5. The van der Waals surface area contributed by atoms with E-state index in [0.29, 0.717) is 10.7 Å². The van der Waals surface area contributed by atoms with E-state index >= 15 is 0 Å². The fourth-order valence-corrected chi connectivity index (χ4v) is 1.52. The molecule has 4 nitrogen and oxygen atoms in total. The summed E-state index contributed by atoms with van der Waals surface area (Å²) in [5.74, 6) is -0.313. The second-order valence-corrected chi connectivity index (χ2v) is 4.31. The van der Waals surface area contributed by atoms with Gasteiger partial charge in [0.2, 0.25) is 0 Å². The van der Waals surface area contributed by atoms with E-state index < -0.39 is 0 Å². The number of hydrogen-bond donors (Lipinski definition) is 1. The SMILES string of the molecule is O=C(/C=C/c1ccc(Cl)cc1)N/N=C/c1ccccn1. The van der Waals surface area contributed by atoms with Crippen LogP contribution in [0.25, 0.3) is 6.08 Å². The Morgan fingerprint density at radius 2 is 2.00 bits per heavy atom. The largest absolute Gasteiger partial charge is 0.268 e. The molecule has 0 unspecified atom stereocenters. The highest BCUT2D eigenvalue weighted by Gasteiger charge is 1.93. The minimum atomic E-state index is -0.313. The Morgan fingerprint density at radius 1 is 1.20 bits per heavy atom. The van der Waals surface area contributed by atoms with Crippen molar-refractivity contribution in [3.8, 4) is 0 Å². The van der Waals surface area contributed by atoms with Crippen LogP contribution in [0.4, 0.5) is 0 Å². The number of pyridine rings is 1. The summed E-state index contributed by atoms with van der Waals surface area (Å²) >= 11 is 5.77. The number of rotatable bonds is 4. The van der Waals surface area contributed by atoms with Gasteiger partial charge in [-0.2, -0.15) is 5.10 Å². The molecule has 0 aliphatic heterocycles. The Balaban J connectivity index is 1.86. The Bertz CT molecular complexity index is 621. The smallest absolute Gasteiger partial charge is 0.264 e. The second-order valence-electron chi connectivity index (χ2n) is 3.87. The molecule has 0 fully saturated rings. The standard InChI is InChI=1S/C15H12ClN3O/c16-13-7-4-12(5-8-13)6-9-15(20)19-18-11-14-3-1-2-10-17-14/h1-11H,(H,19,20)/b9-6+,18-11+. The van der Waals surface area contributed by atoms with Gasteiger partial charge in [0.05, 0.1) is 11.9 Å². The van der Waals surface area contributed by atoms with Crippen LogP contribution in [-0.2, 0) is 4.79 Å². The lowest BCUT2D eigenvalue weighted by Crippen LogP contribution is -2.14. The van der Waals surface area contributed by atoms with Gasteiger partial charge in [-0.15, -0.1) is 0 Å². The zero-order valence-corrected chi connectivity index (χ0v) is 11.3. The van der Waals surface area contributed by atoms with E-state index in [1.807, 2.05) is 24.3 Å². The molecule has 0 radical (unpaired) electrons. The molecule has 1 N–H and O–H groups in total. The van der Waals surface area contributed by atoms with E-state index in [4.69, 9.17) is 11.6 Å². The van der Waals surface area contributed by atoms with Crippen LogP contribution in [0, 0.1) is 0 Å². The second kappa shape index (κ2) is 7.21. The summed E-state index contributed by atoms with van der Waals surface area (Å²) in [6, 6.07) is 12.6. The molecule has 1 heterocycles. The average molecular weight is 286 g/mol. The fraction of sp³-hybridized carbons (Fsp3) is 0. The number of amides is 1. The molecule has 0 bridgehead atoms. The lowest BCUT2D eigenvalue weighted by Gasteiger charge is -1.95. The van der Waals surface area contributed by atoms with E-state index in [1.165, 1.54) is 12.3 Å². The Labute approximate surface area is 121 Å². The molecule has 0 spiro atoms. The molecule has 2 aromatic rings. The van der Waals surface area contributed by atoms with Gasteiger partial charge in [0, 0.05) is 17.3 Å². The first-order valence-electron chi connectivity index (χ1n) is 5.92. The number of hydrogen-bond acceptors (Lipinski definition) is 3. The Morgan fingerprint density at radius 3 is 2.70 bits per heavy atom. The van der Waals surface area contributed by atoms with Gasteiger partial charge >= 0.3 is 0 Å². The number of halogens is 1. The molecule has 1 aromatic carbocycles. The quantitative estimate of drug-likeness (QED) is 0.533. The number of aromatic nitrogens is 1.